The van der Waals surface area contributed by atoms with E-state index in [1.807, 2.05) is 31.2 Å². The van der Waals surface area contributed by atoms with Gasteiger partial charge in [0.15, 0.2) is 0 Å². The lowest BCUT2D eigenvalue weighted by molar-refractivity contribution is -0.116. The van der Waals surface area contributed by atoms with Crippen LogP contribution in [-0.4, -0.2) is 18.4 Å². The summed E-state index contributed by atoms with van der Waals surface area (Å²) in [6.45, 7) is 2.43. The third-order valence-electron chi connectivity index (χ3n) is 3.37. The van der Waals surface area contributed by atoms with Crippen LogP contribution in [0, 0.1) is 6.92 Å². The van der Waals surface area contributed by atoms with Gasteiger partial charge in [0.25, 0.3) is 5.91 Å². The number of ether oxygens (including phenoxy) is 1. The summed E-state index contributed by atoms with van der Waals surface area (Å²) in [5, 5.41) is 2.71. The zero-order chi connectivity index (χ0) is 16.7. The lowest BCUT2D eigenvalue weighted by Crippen LogP contribution is -2.18. The van der Waals surface area contributed by atoms with Crippen molar-refractivity contribution >= 4 is 17.5 Å². The number of hydrogen-bond donors (Lipinski definition) is 2. The highest BCUT2D eigenvalue weighted by atomic mass is 16.5. The molecule has 0 aliphatic heterocycles. The van der Waals surface area contributed by atoms with Crippen LogP contribution >= 0.6 is 0 Å². The number of aryl methyl sites for hydroxylation is 1. The molecule has 5 heteroatoms. The van der Waals surface area contributed by atoms with Gasteiger partial charge in [0.05, 0.1) is 17.9 Å². The van der Waals surface area contributed by atoms with Crippen LogP contribution in [0.2, 0.25) is 0 Å². The van der Waals surface area contributed by atoms with Crippen molar-refractivity contribution in [3.63, 3.8) is 0 Å². The lowest BCUT2D eigenvalue weighted by atomic mass is 10.1. The van der Waals surface area contributed by atoms with Gasteiger partial charge in [-0.2, -0.15) is 0 Å². The van der Waals surface area contributed by atoms with Crippen LogP contribution in [-0.2, 0) is 4.79 Å². The average molecular weight is 312 g/mol. The molecule has 0 aromatic heterocycles. The highest BCUT2D eigenvalue weighted by molar-refractivity contribution is 6.02. The third kappa shape index (κ3) is 4.85. The third-order valence-corrected chi connectivity index (χ3v) is 3.37. The molecule has 5 nitrogen and oxygen atoms in total. The fourth-order valence-corrected chi connectivity index (χ4v) is 2.15. The number of nitrogens with one attached hydrogen (secondary N) is 1. The largest absolute Gasteiger partial charge is 0.493 e. The summed E-state index contributed by atoms with van der Waals surface area (Å²) >= 11 is 0. The van der Waals surface area contributed by atoms with Crippen LogP contribution in [0.4, 0.5) is 5.69 Å². The Labute approximate surface area is 135 Å². The second kappa shape index (κ2) is 7.98. The number of anilines is 1. The van der Waals surface area contributed by atoms with Crippen LogP contribution < -0.4 is 15.8 Å². The monoisotopic (exact) mass is 312 g/mol. The van der Waals surface area contributed by atoms with E-state index in [0.29, 0.717) is 30.7 Å². The zero-order valence-electron chi connectivity index (χ0n) is 13.0. The van der Waals surface area contributed by atoms with E-state index in [2.05, 4.69) is 5.32 Å². The Balaban J connectivity index is 1.80. The molecule has 0 unspecified atom stereocenters. The van der Waals surface area contributed by atoms with E-state index in [1.54, 1.807) is 24.3 Å². The van der Waals surface area contributed by atoms with E-state index in [1.165, 1.54) is 0 Å². The topological polar surface area (TPSA) is 81.4 Å². The van der Waals surface area contributed by atoms with Gasteiger partial charge < -0.3 is 15.8 Å². The molecule has 2 aromatic rings. The normalized spacial score (nSPS) is 10.1. The second-order valence-electron chi connectivity index (χ2n) is 5.18. The summed E-state index contributed by atoms with van der Waals surface area (Å²) in [5.74, 6) is 0.0860. The SMILES string of the molecule is Cc1ccccc1OCCCC(=O)Nc1ccccc1C(N)=O. The molecule has 3 N–H and O–H groups in total. The molecule has 2 rings (SSSR count). The summed E-state index contributed by atoms with van der Waals surface area (Å²) in [4.78, 5) is 23.3. The van der Waals surface area contributed by atoms with Gasteiger partial charge in [-0.15, -0.1) is 0 Å². The maximum atomic E-state index is 11.9. The van der Waals surface area contributed by atoms with Gasteiger partial charge in [0.1, 0.15) is 5.75 Å². The highest BCUT2D eigenvalue weighted by Gasteiger charge is 2.10. The Morgan fingerprint density at radius 3 is 2.52 bits per heavy atom. The second-order valence-corrected chi connectivity index (χ2v) is 5.18. The van der Waals surface area contributed by atoms with Crippen LogP contribution in [0.1, 0.15) is 28.8 Å². The Morgan fingerprint density at radius 2 is 1.78 bits per heavy atom. The number of rotatable bonds is 7. The molecule has 0 fully saturated rings. The molecule has 0 saturated carbocycles. The predicted molar refractivity (Wildman–Crippen MR) is 89.5 cm³/mol. The molecular weight excluding hydrogens is 292 g/mol. The summed E-state index contributed by atoms with van der Waals surface area (Å²) in [5.41, 5.74) is 7.08. The summed E-state index contributed by atoms with van der Waals surface area (Å²) < 4.78 is 5.65. The van der Waals surface area contributed by atoms with Gasteiger partial charge >= 0.3 is 0 Å². The van der Waals surface area contributed by atoms with Crippen molar-refractivity contribution in [3.8, 4) is 5.75 Å². The van der Waals surface area contributed by atoms with Crippen LogP contribution in [0.15, 0.2) is 48.5 Å². The maximum Gasteiger partial charge on any atom is 0.250 e. The van der Waals surface area contributed by atoms with Crippen molar-refractivity contribution in [2.24, 2.45) is 5.73 Å². The van der Waals surface area contributed by atoms with E-state index >= 15 is 0 Å². The molecule has 0 radical (unpaired) electrons. The molecule has 0 saturated heterocycles. The van der Waals surface area contributed by atoms with E-state index < -0.39 is 5.91 Å². The number of carbonyl (C=O) groups excluding carboxylic acids is 2. The summed E-state index contributed by atoms with van der Waals surface area (Å²) in [6, 6.07) is 14.4. The quantitative estimate of drug-likeness (QED) is 0.771. The number of nitrogens with two attached hydrogens (primary N) is 1. The molecule has 0 aliphatic rings. The number of hydrogen-bond acceptors (Lipinski definition) is 3. The average Bonchev–Trinajstić information content (AvgIpc) is 2.53. The first kappa shape index (κ1) is 16.5. The van der Waals surface area contributed by atoms with Crippen molar-refractivity contribution in [2.45, 2.75) is 19.8 Å². The number of para-hydroxylation sites is 2. The minimum absolute atomic E-state index is 0.174. The first-order valence-corrected chi connectivity index (χ1v) is 7.45. The van der Waals surface area contributed by atoms with Crippen LogP contribution in [0.3, 0.4) is 0 Å². The summed E-state index contributed by atoms with van der Waals surface area (Å²) in [6.07, 6.45) is 0.887. The molecular formula is C18H20N2O3. The Bertz CT molecular complexity index is 698. The fraction of sp³-hybridized carbons (Fsp3) is 0.222. The molecule has 2 aromatic carbocycles. The van der Waals surface area contributed by atoms with Gasteiger partial charge in [-0.05, 0) is 37.1 Å². The zero-order valence-corrected chi connectivity index (χ0v) is 13.0. The van der Waals surface area contributed by atoms with E-state index in [9.17, 15) is 9.59 Å². The van der Waals surface area contributed by atoms with Gasteiger partial charge in [-0.3, -0.25) is 9.59 Å². The highest BCUT2D eigenvalue weighted by Crippen LogP contribution is 2.17. The Hall–Kier alpha value is -2.82. The number of primary amides is 1. The van der Waals surface area contributed by atoms with E-state index in [0.717, 1.165) is 11.3 Å². The predicted octanol–water partition coefficient (Wildman–Crippen LogP) is 2.89. The van der Waals surface area contributed by atoms with Crippen LogP contribution in [0.5, 0.6) is 5.75 Å². The van der Waals surface area contributed by atoms with Gasteiger partial charge in [0, 0.05) is 6.42 Å². The number of carbonyl (C=O) groups is 2. The minimum Gasteiger partial charge on any atom is -0.493 e. The number of benzene rings is 2. The molecule has 0 bridgehead atoms. The van der Waals surface area contributed by atoms with Crippen molar-refractivity contribution in [3.05, 3.63) is 59.7 Å². The van der Waals surface area contributed by atoms with Crippen molar-refractivity contribution in [1.29, 1.82) is 0 Å². The minimum atomic E-state index is -0.566. The summed E-state index contributed by atoms with van der Waals surface area (Å²) in [7, 11) is 0. The molecule has 2 amide bonds. The standard InChI is InChI=1S/C18H20N2O3/c1-13-7-2-5-10-16(13)23-12-6-11-17(21)20-15-9-4-3-8-14(15)18(19)22/h2-5,7-10H,6,11-12H2,1H3,(H2,19,22)(H,20,21). The first-order chi connectivity index (χ1) is 11.1. The molecule has 23 heavy (non-hydrogen) atoms. The van der Waals surface area contributed by atoms with Gasteiger partial charge in [-0.25, -0.2) is 0 Å². The van der Waals surface area contributed by atoms with Crippen molar-refractivity contribution in [1.82, 2.24) is 0 Å². The molecule has 0 atom stereocenters. The van der Waals surface area contributed by atoms with Crippen molar-refractivity contribution < 1.29 is 14.3 Å². The number of amides is 2. The van der Waals surface area contributed by atoms with Crippen LogP contribution in [0.25, 0.3) is 0 Å². The van der Waals surface area contributed by atoms with E-state index in [4.69, 9.17) is 10.5 Å². The lowest BCUT2D eigenvalue weighted by Gasteiger charge is -2.10. The first-order valence-electron chi connectivity index (χ1n) is 7.45. The maximum absolute atomic E-state index is 11.9. The molecule has 0 spiro atoms. The fourth-order valence-electron chi connectivity index (χ4n) is 2.15. The molecule has 120 valence electrons. The smallest absolute Gasteiger partial charge is 0.250 e. The molecule has 0 heterocycles. The molecule has 0 aliphatic carbocycles. The van der Waals surface area contributed by atoms with Gasteiger partial charge in [0.2, 0.25) is 5.91 Å². The Morgan fingerprint density at radius 1 is 1.09 bits per heavy atom. The Kier molecular flexibility index (Phi) is 5.74. The van der Waals surface area contributed by atoms with Gasteiger partial charge in [-0.1, -0.05) is 30.3 Å². The van der Waals surface area contributed by atoms with E-state index in [-0.39, 0.29) is 5.91 Å². The van der Waals surface area contributed by atoms with Crippen molar-refractivity contribution in [2.75, 3.05) is 11.9 Å².